The van der Waals surface area contributed by atoms with Crippen LogP contribution in [0.4, 0.5) is 0 Å². The molecule has 6 nitrogen and oxygen atoms in total. The second-order valence-electron chi connectivity index (χ2n) is 19.5. The van der Waals surface area contributed by atoms with Gasteiger partial charge in [0.05, 0.1) is 0 Å². The first-order chi connectivity index (χ1) is 33.5. The Balaban J connectivity index is 4.40. The topological polar surface area (TPSA) is 78.9 Å². The summed E-state index contributed by atoms with van der Waals surface area (Å²) in [5.74, 6) is -0.916. The summed E-state index contributed by atoms with van der Waals surface area (Å²) in [5, 5.41) is 0. The van der Waals surface area contributed by atoms with Crippen LogP contribution >= 0.6 is 0 Å². The van der Waals surface area contributed by atoms with E-state index in [2.05, 4.69) is 81.5 Å². The molecule has 1 atom stereocenters. The van der Waals surface area contributed by atoms with E-state index < -0.39 is 6.10 Å². The van der Waals surface area contributed by atoms with Crippen molar-refractivity contribution in [2.75, 3.05) is 13.2 Å². The van der Waals surface area contributed by atoms with Crippen molar-refractivity contribution in [2.24, 2.45) is 0 Å². The van der Waals surface area contributed by atoms with Crippen LogP contribution in [-0.4, -0.2) is 37.2 Å². The fourth-order valence-electron chi connectivity index (χ4n) is 8.33. The van der Waals surface area contributed by atoms with Gasteiger partial charge in [-0.15, -0.1) is 0 Å². The van der Waals surface area contributed by atoms with Crippen molar-refractivity contribution in [1.82, 2.24) is 0 Å². The number of carbonyl (C=O) groups is 3. The fraction of sp³-hybridized carbons (Fsp3) is 0.790. The maximum atomic E-state index is 12.9. The van der Waals surface area contributed by atoms with Gasteiger partial charge in [-0.2, -0.15) is 0 Å². The quantitative estimate of drug-likeness (QED) is 0.0262. The molecule has 0 spiro atoms. The molecule has 1 unspecified atom stereocenters. The first-order valence-corrected chi connectivity index (χ1v) is 29.3. The molecule has 68 heavy (non-hydrogen) atoms. The zero-order valence-corrected chi connectivity index (χ0v) is 45.1. The van der Waals surface area contributed by atoms with Crippen molar-refractivity contribution >= 4 is 17.9 Å². The molecule has 0 aromatic heterocycles. The van der Waals surface area contributed by atoms with E-state index in [1.54, 1.807) is 0 Å². The van der Waals surface area contributed by atoms with Gasteiger partial charge in [-0.1, -0.05) is 236 Å². The Morgan fingerprint density at radius 3 is 0.912 bits per heavy atom. The summed E-state index contributed by atoms with van der Waals surface area (Å²) >= 11 is 0. The maximum Gasteiger partial charge on any atom is 0.306 e. The van der Waals surface area contributed by atoms with Crippen molar-refractivity contribution < 1.29 is 28.6 Å². The number of hydrogen-bond donors (Lipinski definition) is 0. The number of ether oxygens (including phenoxy) is 3. The van der Waals surface area contributed by atoms with E-state index in [1.165, 1.54) is 148 Å². The van der Waals surface area contributed by atoms with Gasteiger partial charge in [0.1, 0.15) is 13.2 Å². The second-order valence-corrected chi connectivity index (χ2v) is 19.5. The zero-order valence-electron chi connectivity index (χ0n) is 45.1. The van der Waals surface area contributed by atoms with E-state index in [-0.39, 0.29) is 31.1 Å². The van der Waals surface area contributed by atoms with E-state index >= 15 is 0 Å². The van der Waals surface area contributed by atoms with Gasteiger partial charge in [0.2, 0.25) is 0 Å². The number of hydrogen-bond acceptors (Lipinski definition) is 6. The van der Waals surface area contributed by atoms with Crippen LogP contribution in [0.2, 0.25) is 0 Å². The Hall–Kier alpha value is -2.89. The monoisotopic (exact) mass is 951 g/mol. The van der Waals surface area contributed by atoms with Gasteiger partial charge in [-0.3, -0.25) is 14.4 Å². The molecule has 0 saturated carbocycles. The van der Waals surface area contributed by atoms with Crippen LogP contribution in [-0.2, 0) is 28.6 Å². The highest BCUT2D eigenvalue weighted by Gasteiger charge is 2.19. The summed E-state index contributed by atoms with van der Waals surface area (Å²) in [6, 6.07) is 0. The number of rotatable bonds is 53. The first kappa shape index (κ1) is 65.1. The summed E-state index contributed by atoms with van der Waals surface area (Å²) in [6.45, 7) is 6.52. The summed E-state index contributed by atoms with van der Waals surface area (Å²) in [6.07, 6.45) is 70.7. The van der Waals surface area contributed by atoms with Crippen LogP contribution in [0.15, 0.2) is 60.8 Å². The number of allylic oxidation sites excluding steroid dienone is 10. The average Bonchev–Trinajstić information content (AvgIpc) is 3.34. The van der Waals surface area contributed by atoms with Crippen molar-refractivity contribution in [3.05, 3.63) is 60.8 Å². The predicted molar refractivity (Wildman–Crippen MR) is 293 cm³/mol. The lowest BCUT2D eigenvalue weighted by Crippen LogP contribution is -2.30. The summed E-state index contributed by atoms with van der Waals surface area (Å²) < 4.78 is 16.8. The van der Waals surface area contributed by atoms with Crippen LogP contribution in [0.25, 0.3) is 0 Å². The van der Waals surface area contributed by atoms with Crippen LogP contribution in [0.5, 0.6) is 0 Å². The minimum Gasteiger partial charge on any atom is -0.462 e. The van der Waals surface area contributed by atoms with Crippen LogP contribution < -0.4 is 0 Å². The van der Waals surface area contributed by atoms with Gasteiger partial charge in [-0.25, -0.2) is 0 Å². The van der Waals surface area contributed by atoms with Gasteiger partial charge in [0.15, 0.2) is 6.10 Å². The van der Waals surface area contributed by atoms with E-state index in [4.69, 9.17) is 14.2 Å². The van der Waals surface area contributed by atoms with Gasteiger partial charge in [0, 0.05) is 19.3 Å². The third-order valence-corrected chi connectivity index (χ3v) is 12.7. The summed E-state index contributed by atoms with van der Waals surface area (Å²) in [4.78, 5) is 38.2. The molecule has 0 heterocycles. The highest BCUT2D eigenvalue weighted by molar-refractivity contribution is 5.71. The average molecular weight is 952 g/mol. The number of carbonyl (C=O) groups excluding carboxylic acids is 3. The summed E-state index contributed by atoms with van der Waals surface area (Å²) in [7, 11) is 0. The fourth-order valence-corrected chi connectivity index (χ4v) is 8.33. The molecule has 0 saturated heterocycles. The molecule has 394 valence electrons. The minimum absolute atomic E-state index is 0.0882. The molecule has 0 rings (SSSR count). The van der Waals surface area contributed by atoms with E-state index in [9.17, 15) is 14.4 Å². The van der Waals surface area contributed by atoms with E-state index in [0.29, 0.717) is 19.3 Å². The molecule has 6 heteroatoms. The largest absolute Gasteiger partial charge is 0.462 e. The molecule has 0 aromatic rings. The van der Waals surface area contributed by atoms with Crippen molar-refractivity contribution in [3.63, 3.8) is 0 Å². The highest BCUT2D eigenvalue weighted by Crippen LogP contribution is 2.15. The minimum atomic E-state index is -0.791. The number of esters is 3. The lowest BCUT2D eigenvalue weighted by atomic mass is 10.1. The Morgan fingerprint density at radius 2 is 0.574 bits per heavy atom. The lowest BCUT2D eigenvalue weighted by molar-refractivity contribution is -0.167. The molecular formula is C62H110O6. The molecule has 0 amide bonds. The molecule has 0 aliphatic carbocycles. The SMILES string of the molecule is CC/C=C\C/C=C\C/C=C\CCCCCCC(=O)OCC(COC(=O)CCCCCCC/C=C\CCCCCCCCCCC)OC(=O)CCCCCCC/C=C\CCCCCCCCCCC. The molecule has 0 N–H and O–H groups in total. The highest BCUT2D eigenvalue weighted by atomic mass is 16.6. The van der Waals surface area contributed by atoms with Gasteiger partial charge in [-0.05, 0) is 103 Å². The molecular weight excluding hydrogens is 841 g/mol. The lowest BCUT2D eigenvalue weighted by Gasteiger charge is -2.18. The third-order valence-electron chi connectivity index (χ3n) is 12.7. The Bertz CT molecular complexity index is 1230. The predicted octanol–water partition coefficient (Wildman–Crippen LogP) is 19.6. The molecule has 0 aliphatic rings. The number of unbranched alkanes of at least 4 members (excludes halogenated alkanes) is 32. The Morgan fingerprint density at radius 1 is 0.309 bits per heavy atom. The maximum absolute atomic E-state index is 12.9. The Kier molecular flexibility index (Phi) is 54.3. The molecule has 0 radical (unpaired) electrons. The van der Waals surface area contributed by atoms with Crippen molar-refractivity contribution in [2.45, 2.75) is 303 Å². The van der Waals surface area contributed by atoms with Gasteiger partial charge < -0.3 is 14.2 Å². The van der Waals surface area contributed by atoms with Gasteiger partial charge >= 0.3 is 17.9 Å². The van der Waals surface area contributed by atoms with E-state index in [1.807, 2.05) is 0 Å². The van der Waals surface area contributed by atoms with Crippen LogP contribution in [0.3, 0.4) is 0 Å². The zero-order chi connectivity index (χ0) is 49.3. The third kappa shape index (κ3) is 54.1. The van der Waals surface area contributed by atoms with Gasteiger partial charge in [0.25, 0.3) is 0 Å². The summed E-state index contributed by atoms with van der Waals surface area (Å²) in [5.41, 5.74) is 0. The molecule has 0 bridgehead atoms. The molecule has 0 aromatic carbocycles. The van der Waals surface area contributed by atoms with Crippen LogP contribution in [0, 0.1) is 0 Å². The Labute approximate surface area is 421 Å². The first-order valence-electron chi connectivity index (χ1n) is 29.3. The van der Waals surface area contributed by atoms with Crippen molar-refractivity contribution in [3.8, 4) is 0 Å². The van der Waals surface area contributed by atoms with E-state index in [0.717, 1.165) is 109 Å². The standard InChI is InChI=1S/C62H110O6/c1-4-7-10-13-16-19-22-25-28-30-32-34-37-40-43-46-49-52-55-61(64)67-58-59(57-66-60(63)54-51-48-45-42-39-36-27-24-21-18-15-12-9-6-3)68-62(65)56-53-50-47-44-41-38-35-33-31-29-26-23-20-17-14-11-8-5-2/h9,12,18,21,27,32-36,59H,4-8,10-11,13-17,19-20,22-26,28-31,37-58H2,1-3H3/b12-9-,21-18-,34-32-,35-33-,36-27-. The van der Waals surface area contributed by atoms with Crippen LogP contribution in [0.1, 0.15) is 297 Å². The van der Waals surface area contributed by atoms with Crippen molar-refractivity contribution in [1.29, 1.82) is 0 Å². The molecule has 0 fully saturated rings. The second kappa shape index (κ2) is 56.7. The molecule has 0 aliphatic heterocycles. The smallest absolute Gasteiger partial charge is 0.306 e. The normalized spacial score (nSPS) is 12.5.